The number of hydrogen-bond acceptors (Lipinski definition) is 3. The number of carbonyl (C=O) groups is 1. The highest BCUT2D eigenvalue weighted by molar-refractivity contribution is 7.89. The van der Waals surface area contributed by atoms with Crippen LogP contribution in [0.15, 0.2) is 30.3 Å². The molecule has 0 aromatic heterocycles. The number of carbonyl (C=O) groups excluding carboxylic acids is 1. The average Bonchev–Trinajstić information content (AvgIpc) is 2.48. The van der Waals surface area contributed by atoms with Gasteiger partial charge in [0.15, 0.2) is 0 Å². The van der Waals surface area contributed by atoms with Crippen molar-refractivity contribution >= 4 is 15.9 Å². The summed E-state index contributed by atoms with van der Waals surface area (Å²) in [6.45, 7) is 3.24. The van der Waals surface area contributed by atoms with Crippen LogP contribution in [0, 0.1) is 5.92 Å². The van der Waals surface area contributed by atoms with Gasteiger partial charge in [-0.15, -0.1) is 0 Å². The first-order valence-electron chi connectivity index (χ1n) is 7.75. The van der Waals surface area contributed by atoms with Gasteiger partial charge in [-0.2, -0.15) is 0 Å². The van der Waals surface area contributed by atoms with Crippen molar-refractivity contribution in [2.24, 2.45) is 11.1 Å². The van der Waals surface area contributed by atoms with E-state index in [1.54, 1.807) is 0 Å². The van der Waals surface area contributed by atoms with Gasteiger partial charge in [0.25, 0.3) is 0 Å². The Morgan fingerprint density at radius 3 is 2.36 bits per heavy atom. The van der Waals surface area contributed by atoms with Gasteiger partial charge in [-0.25, -0.2) is 13.6 Å². The fourth-order valence-corrected chi connectivity index (χ4v) is 4.10. The highest BCUT2D eigenvalue weighted by atomic mass is 32.2. The Hall–Kier alpha value is -1.40. The lowest BCUT2D eigenvalue weighted by molar-refractivity contribution is -0.134. The van der Waals surface area contributed by atoms with Crippen LogP contribution in [0.5, 0.6) is 0 Å². The Morgan fingerprint density at radius 1 is 1.27 bits per heavy atom. The maximum absolute atomic E-state index is 12.7. The average molecular weight is 324 g/mol. The minimum Gasteiger partial charge on any atom is -0.342 e. The largest absolute Gasteiger partial charge is 0.342 e. The number of amides is 1. The quantitative estimate of drug-likeness (QED) is 0.895. The summed E-state index contributed by atoms with van der Waals surface area (Å²) < 4.78 is 22.3. The molecular formula is C16H24N2O3S. The van der Waals surface area contributed by atoms with Gasteiger partial charge in [-0.3, -0.25) is 4.79 Å². The van der Waals surface area contributed by atoms with Crippen molar-refractivity contribution in [3.05, 3.63) is 35.9 Å². The predicted octanol–water partition coefficient (Wildman–Crippen LogP) is 1.71. The van der Waals surface area contributed by atoms with Gasteiger partial charge < -0.3 is 4.90 Å². The fraction of sp³-hybridized carbons (Fsp3) is 0.562. The number of likely N-dealkylation sites (tertiary alicyclic amines) is 1. The molecule has 1 saturated heterocycles. The second kappa shape index (κ2) is 7.24. The Balaban J connectivity index is 1.97. The highest BCUT2D eigenvalue weighted by Gasteiger charge is 2.29. The maximum Gasteiger partial charge on any atom is 0.230 e. The molecule has 0 bridgehead atoms. The maximum atomic E-state index is 12.7. The zero-order valence-electron chi connectivity index (χ0n) is 12.9. The number of rotatable bonds is 5. The van der Waals surface area contributed by atoms with Gasteiger partial charge in [-0.05, 0) is 30.7 Å². The highest BCUT2D eigenvalue weighted by Crippen LogP contribution is 2.25. The minimum atomic E-state index is -3.43. The molecule has 122 valence electrons. The van der Waals surface area contributed by atoms with Crippen molar-refractivity contribution < 1.29 is 13.2 Å². The van der Waals surface area contributed by atoms with E-state index >= 15 is 0 Å². The second-order valence-corrected chi connectivity index (χ2v) is 7.63. The molecule has 6 heteroatoms. The van der Waals surface area contributed by atoms with Crippen molar-refractivity contribution in [2.45, 2.75) is 32.1 Å². The SMILES string of the molecule is CC[C@H](C(=O)N1CCC(CS(N)(=O)=O)CC1)c1ccccc1. The molecule has 1 amide bonds. The summed E-state index contributed by atoms with van der Waals surface area (Å²) in [6, 6.07) is 9.81. The molecule has 0 spiro atoms. The molecule has 5 nitrogen and oxygen atoms in total. The van der Waals surface area contributed by atoms with E-state index in [4.69, 9.17) is 5.14 Å². The summed E-state index contributed by atoms with van der Waals surface area (Å²) in [7, 11) is -3.43. The van der Waals surface area contributed by atoms with Crippen LogP contribution in [0.4, 0.5) is 0 Å². The third-order valence-electron chi connectivity index (χ3n) is 4.30. The normalized spacial score (nSPS) is 18.2. The fourth-order valence-electron chi connectivity index (χ4n) is 3.11. The van der Waals surface area contributed by atoms with E-state index in [2.05, 4.69) is 0 Å². The van der Waals surface area contributed by atoms with E-state index < -0.39 is 10.0 Å². The van der Waals surface area contributed by atoms with Crippen LogP contribution in [0.3, 0.4) is 0 Å². The number of piperidine rings is 1. The molecule has 1 aromatic rings. The molecule has 2 N–H and O–H groups in total. The van der Waals surface area contributed by atoms with Crippen molar-refractivity contribution in [1.29, 1.82) is 0 Å². The number of benzene rings is 1. The molecule has 1 aromatic carbocycles. The first-order valence-corrected chi connectivity index (χ1v) is 9.46. The van der Waals surface area contributed by atoms with E-state index in [1.807, 2.05) is 42.2 Å². The van der Waals surface area contributed by atoms with Crippen LogP contribution < -0.4 is 5.14 Å². The van der Waals surface area contributed by atoms with Crippen molar-refractivity contribution in [2.75, 3.05) is 18.8 Å². The number of sulfonamides is 1. The van der Waals surface area contributed by atoms with Crippen LogP contribution in [-0.4, -0.2) is 38.1 Å². The number of nitrogens with two attached hydrogens (primary N) is 1. The van der Waals surface area contributed by atoms with E-state index in [1.165, 1.54) is 0 Å². The molecule has 1 fully saturated rings. The molecule has 0 radical (unpaired) electrons. The summed E-state index contributed by atoms with van der Waals surface area (Å²) in [5.74, 6) is 0.111. The van der Waals surface area contributed by atoms with E-state index in [-0.39, 0.29) is 23.5 Å². The van der Waals surface area contributed by atoms with E-state index in [0.29, 0.717) is 25.9 Å². The van der Waals surface area contributed by atoms with Gasteiger partial charge in [0.2, 0.25) is 15.9 Å². The number of hydrogen-bond donors (Lipinski definition) is 1. The lowest BCUT2D eigenvalue weighted by Crippen LogP contribution is -2.42. The molecule has 22 heavy (non-hydrogen) atoms. The van der Waals surface area contributed by atoms with Gasteiger partial charge in [0, 0.05) is 13.1 Å². The van der Waals surface area contributed by atoms with Gasteiger partial charge in [-0.1, -0.05) is 37.3 Å². The zero-order chi connectivity index (χ0) is 16.2. The second-order valence-electron chi connectivity index (χ2n) is 5.97. The van der Waals surface area contributed by atoms with Crippen LogP contribution in [0.2, 0.25) is 0 Å². The number of primary sulfonamides is 1. The van der Waals surface area contributed by atoms with Gasteiger partial charge in [0.05, 0.1) is 11.7 Å². The van der Waals surface area contributed by atoms with Crippen molar-refractivity contribution in [1.82, 2.24) is 4.90 Å². The van der Waals surface area contributed by atoms with E-state index in [9.17, 15) is 13.2 Å². The standard InChI is InChI=1S/C16H24N2O3S/c1-2-15(14-6-4-3-5-7-14)16(19)18-10-8-13(9-11-18)12-22(17,20)21/h3-7,13,15H,2,8-12H2,1H3,(H2,17,20,21)/t15-/m0/s1. The van der Waals surface area contributed by atoms with Crippen molar-refractivity contribution in [3.63, 3.8) is 0 Å². The molecule has 0 aliphatic carbocycles. The smallest absolute Gasteiger partial charge is 0.230 e. The Kier molecular flexibility index (Phi) is 5.58. The van der Waals surface area contributed by atoms with Crippen LogP contribution in [0.25, 0.3) is 0 Å². The molecule has 0 saturated carbocycles. The van der Waals surface area contributed by atoms with Gasteiger partial charge in [0.1, 0.15) is 0 Å². The molecule has 1 aliphatic heterocycles. The summed E-state index contributed by atoms with van der Waals surface area (Å²) in [6.07, 6.45) is 2.17. The predicted molar refractivity (Wildman–Crippen MR) is 86.8 cm³/mol. The third-order valence-corrected chi connectivity index (χ3v) is 5.24. The molecule has 1 heterocycles. The zero-order valence-corrected chi connectivity index (χ0v) is 13.8. The third kappa shape index (κ3) is 4.55. The first kappa shape index (κ1) is 17.0. The van der Waals surface area contributed by atoms with Gasteiger partial charge >= 0.3 is 0 Å². The Morgan fingerprint density at radius 2 is 1.86 bits per heavy atom. The molecule has 2 rings (SSSR count). The summed E-state index contributed by atoms with van der Waals surface area (Å²) >= 11 is 0. The van der Waals surface area contributed by atoms with Crippen LogP contribution >= 0.6 is 0 Å². The monoisotopic (exact) mass is 324 g/mol. The van der Waals surface area contributed by atoms with Crippen LogP contribution in [0.1, 0.15) is 37.7 Å². The van der Waals surface area contributed by atoms with Crippen LogP contribution in [-0.2, 0) is 14.8 Å². The summed E-state index contributed by atoms with van der Waals surface area (Å²) in [4.78, 5) is 14.6. The molecule has 1 atom stereocenters. The Labute approximate surface area is 132 Å². The first-order chi connectivity index (χ1) is 10.4. The topological polar surface area (TPSA) is 80.5 Å². The number of nitrogens with zero attached hydrogens (tertiary/aromatic N) is 1. The summed E-state index contributed by atoms with van der Waals surface area (Å²) in [5, 5.41) is 5.10. The minimum absolute atomic E-state index is 0.0188. The van der Waals surface area contributed by atoms with E-state index in [0.717, 1.165) is 12.0 Å². The molecule has 0 unspecified atom stereocenters. The lowest BCUT2D eigenvalue weighted by atomic mass is 9.92. The molecular weight excluding hydrogens is 300 g/mol. The van der Waals surface area contributed by atoms with Crippen molar-refractivity contribution in [3.8, 4) is 0 Å². The lowest BCUT2D eigenvalue weighted by Gasteiger charge is -2.34. The molecule has 1 aliphatic rings. The Bertz CT molecular complexity index is 593. The summed E-state index contributed by atoms with van der Waals surface area (Å²) in [5.41, 5.74) is 1.04.